The Morgan fingerprint density at radius 2 is 1.64 bits per heavy atom. The Bertz CT molecular complexity index is 1120. The highest BCUT2D eigenvalue weighted by atomic mass is 16.6. The highest BCUT2D eigenvalue weighted by Crippen LogP contribution is 2.44. The topological polar surface area (TPSA) is 131 Å². The number of aliphatic hydroxyl groups excluding tert-OH is 1. The minimum absolute atomic E-state index is 0.0128. The molecule has 2 aliphatic rings. The molecule has 2 aromatic rings. The molecule has 0 unspecified atom stereocenters. The molecular weight excluding hydrogens is 468 g/mol. The fourth-order valence-corrected chi connectivity index (χ4v) is 4.86. The Kier molecular flexibility index (Phi) is 7.54. The van der Waals surface area contributed by atoms with E-state index >= 15 is 0 Å². The lowest BCUT2D eigenvalue weighted by atomic mass is 9.98. The van der Waals surface area contributed by atoms with Gasteiger partial charge in [0.25, 0.3) is 0 Å². The molecule has 1 heterocycles. The third kappa shape index (κ3) is 4.90. The number of benzene rings is 2. The van der Waals surface area contributed by atoms with E-state index < -0.39 is 36.2 Å². The number of fused-ring (bicyclic) bond motifs is 3. The van der Waals surface area contributed by atoms with Gasteiger partial charge in [0.15, 0.2) is 6.04 Å². The molecule has 2 N–H and O–H groups in total. The molecule has 3 atom stereocenters. The van der Waals surface area contributed by atoms with Crippen LogP contribution in [0.15, 0.2) is 48.5 Å². The second-order valence-corrected chi connectivity index (χ2v) is 8.66. The summed E-state index contributed by atoms with van der Waals surface area (Å²) in [7, 11) is 2.31. The molecule has 10 nitrogen and oxygen atoms in total. The van der Waals surface area contributed by atoms with E-state index in [9.17, 15) is 24.3 Å². The van der Waals surface area contributed by atoms with Crippen LogP contribution in [0.3, 0.4) is 0 Å². The van der Waals surface area contributed by atoms with E-state index in [0.717, 1.165) is 34.3 Å². The summed E-state index contributed by atoms with van der Waals surface area (Å²) in [5.74, 6) is -2.09. The molecule has 36 heavy (non-hydrogen) atoms. The van der Waals surface area contributed by atoms with Crippen molar-refractivity contribution >= 4 is 23.9 Å². The minimum atomic E-state index is -1.55. The molecule has 1 aliphatic heterocycles. The summed E-state index contributed by atoms with van der Waals surface area (Å²) in [6, 6.07) is 13.3. The summed E-state index contributed by atoms with van der Waals surface area (Å²) < 4.78 is 14.9. The number of methoxy groups -OCH3 is 2. The maximum Gasteiger partial charge on any atom is 0.407 e. The van der Waals surface area contributed by atoms with Crippen LogP contribution < -0.4 is 5.32 Å². The first-order chi connectivity index (χ1) is 17.3. The maximum atomic E-state index is 12.7. The van der Waals surface area contributed by atoms with Crippen molar-refractivity contribution in [2.24, 2.45) is 0 Å². The smallest absolute Gasteiger partial charge is 0.407 e. The van der Waals surface area contributed by atoms with Gasteiger partial charge >= 0.3 is 18.0 Å². The number of alkyl carbamates (subject to hydrolysis) is 1. The molecule has 190 valence electrons. The number of nitrogens with zero attached hydrogens (tertiary/aromatic N) is 1. The number of nitrogens with one attached hydrogen (secondary N) is 1. The monoisotopic (exact) mass is 496 g/mol. The number of hydrogen-bond donors (Lipinski definition) is 2. The molecule has 2 aromatic carbocycles. The zero-order valence-electron chi connectivity index (χ0n) is 20.0. The van der Waals surface area contributed by atoms with Gasteiger partial charge in [0.2, 0.25) is 5.91 Å². The summed E-state index contributed by atoms with van der Waals surface area (Å²) >= 11 is 0. The molecule has 1 fully saturated rings. The van der Waals surface area contributed by atoms with Crippen molar-refractivity contribution in [3.63, 3.8) is 0 Å². The molecule has 0 saturated carbocycles. The van der Waals surface area contributed by atoms with Crippen LogP contribution in [0.5, 0.6) is 0 Å². The summed E-state index contributed by atoms with van der Waals surface area (Å²) in [5.41, 5.74) is 4.19. The molecule has 4 rings (SSSR count). The van der Waals surface area contributed by atoms with Crippen molar-refractivity contribution < 1.29 is 38.5 Å². The largest absolute Gasteiger partial charge is 0.467 e. The highest BCUT2D eigenvalue weighted by Gasteiger charge is 2.41. The van der Waals surface area contributed by atoms with Crippen molar-refractivity contribution in [3.8, 4) is 11.1 Å². The van der Waals surface area contributed by atoms with Crippen molar-refractivity contribution in [3.05, 3.63) is 59.7 Å². The van der Waals surface area contributed by atoms with Gasteiger partial charge in [0.05, 0.1) is 20.8 Å². The molecule has 10 heteroatoms. The van der Waals surface area contributed by atoms with Crippen molar-refractivity contribution in [1.82, 2.24) is 10.2 Å². The zero-order valence-corrected chi connectivity index (χ0v) is 20.0. The van der Waals surface area contributed by atoms with Crippen LogP contribution in [-0.4, -0.2) is 79.5 Å². The second-order valence-electron chi connectivity index (χ2n) is 8.66. The van der Waals surface area contributed by atoms with Crippen LogP contribution in [-0.2, 0) is 28.6 Å². The lowest BCUT2D eigenvalue weighted by molar-refractivity contribution is -0.151. The quantitative estimate of drug-likeness (QED) is 0.416. The summed E-state index contributed by atoms with van der Waals surface area (Å²) in [4.78, 5) is 50.4. The molecule has 0 radical (unpaired) electrons. The fraction of sp³-hybridized carbons (Fsp3) is 0.385. The van der Waals surface area contributed by atoms with Gasteiger partial charge < -0.3 is 29.5 Å². The Morgan fingerprint density at radius 1 is 1.03 bits per heavy atom. The lowest BCUT2D eigenvalue weighted by Gasteiger charge is -2.28. The first-order valence-corrected chi connectivity index (χ1v) is 11.6. The Labute approximate surface area is 208 Å². The maximum absolute atomic E-state index is 12.7. The van der Waals surface area contributed by atoms with E-state index in [-0.39, 0.29) is 37.8 Å². The molecule has 0 spiro atoms. The predicted octanol–water partition coefficient (Wildman–Crippen LogP) is 1.59. The highest BCUT2D eigenvalue weighted by molar-refractivity contribution is 5.88. The second kappa shape index (κ2) is 10.8. The minimum Gasteiger partial charge on any atom is -0.467 e. The van der Waals surface area contributed by atoms with E-state index in [2.05, 4.69) is 5.32 Å². The molecular formula is C26H28N2O8. The van der Waals surface area contributed by atoms with Gasteiger partial charge in [-0.1, -0.05) is 48.5 Å². The van der Waals surface area contributed by atoms with Gasteiger partial charge in [0.1, 0.15) is 18.8 Å². The number of esters is 2. The number of aliphatic hydroxyl groups is 1. The van der Waals surface area contributed by atoms with Crippen LogP contribution in [0.4, 0.5) is 4.79 Å². The predicted molar refractivity (Wildman–Crippen MR) is 127 cm³/mol. The van der Waals surface area contributed by atoms with Crippen LogP contribution in [0.25, 0.3) is 11.1 Å². The average Bonchev–Trinajstić information content (AvgIpc) is 3.42. The standard InChI is InChI=1S/C26H28N2O8/c1-34-24(31)20-11-12-22(30)28(20)13-21(29)23(25(32)35-2)27-26(33)36-14-19-17-9-5-3-7-15(17)16-8-4-6-10-18(16)19/h3-10,19-21,23,29H,11-14H2,1-2H3,(H,27,33)/t20-,21+,23-/m0/s1. The molecule has 0 bridgehead atoms. The third-order valence-corrected chi connectivity index (χ3v) is 6.64. The lowest BCUT2D eigenvalue weighted by Crippen LogP contribution is -2.55. The third-order valence-electron chi connectivity index (χ3n) is 6.64. The van der Waals surface area contributed by atoms with Gasteiger partial charge in [0, 0.05) is 12.3 Å². The average molecular weight is 497 g/mol. The number of hydrogen-bond acceptors (Lipinski definition) is 8. The van der Waals surface area contributed by atoms with Crippen molar-refractivity contribution in [2.45, 2.75) is 36.9 Å². The van der Waals surface area contributed by atoms with Crippen LogP contribution in [0.2, 0.25) is 0 Å². The fourth-order valence-electron chi connectivity index (χ4n) is 4.86. The number of carbonyl (C=O) groups excluding carboxylic acids is 4. The van der Waals surface area contributed by atoms with Crippen molar-refractivity contribution in [2.75, 3.05) is 27.4 Å². The van der Waals surface area contributed by atoms with Gasteiger partial charge in [-0.15, -0.1) is 0 Å². The van der Waals surface area contributed by atoms with Gasteiger partial charge in [-0.2, -0.15) is 0 Å². The van der Waals surface area contributed by atoms with Crippen molar-refractivity contribution in [1.29, 1.82) is 0 Å². The summed E-state index contributed by atoms with van der Waals surface area (Å²) in [6.45, 7) is -0.360. The Hall–Kier alpha value is -3.92. The van der Waals surface area contributed by atoms with Gasteiger partial charge in [-0.3, -0.25) is 4.79 Å². The van der Waals surface area contributed by atoms with Gasteiger partial charge in [-0.25, -0.2) is 14.4 Å². The first-order valence-electron chi connectivity index (χ1n) is 11.6. The van der Waals surface area contributed by atoms with Crippen LogP contribution >= 0.6 is 0 Å². The van der Waals surface area contributed by atoms with E-state index in [1.165, 1.54) is 7.11 Å². The van der Waals surface area contributed by atoms with E-state index in [0.29, 0.717) is 0 Å². The number of β-amino-alcohol motifs (C(OH)–C–C–N with tert-alkyl or cyclic N) is 1. The normalized spacial score (nSPS) is 18.1. The molecule has 1 saturated heterocycles. The summed E-state index contributed by atoms with van der Waals surface area (Å²) in [5, 5.41) is 13.1. The molecule has 2 amide bonds. The van der Waals surface area contributed by atoms with E-state index in [1.807, 2.05) is 48.5 Å². The van der Waals surface area contributed by atoms with Crippen LogP contribution in [0.1, 0.15) is 29.9 Å². The molecule has 0 aromatic heterocycles. The van der Waals surface area contributed by atoms with E-state index in [4.69, 9.17) is 14.2 Å². The van der Waals surface area contributed by atoms with Gasteiger partial charge in [-0.05, 0) is 28.7 Å². The molecule has 1 aliphatic carbocycles. The number of ether oxygens (including phenoxy) is 3. The number of carbonyl (C=O) groups is 4. The Balaban J connectivity index is 1.43. The van der Waals surface area contributed by atoms with E-state index in [1.54, 1.807) is 0 Å². The number of likely N-dealkylation sites (tertiary alicyclic amines) is 1. The summed E-state index contributed by atoms with van der Waals surface area (Å²) in [6.07, 6.45) is -2.13. The number of rotatable bonds is 8. The first kappa shape index (κ1) is 25.2. The van der Waals surface area contributed by atoms with Crippen LogP contribution in [0, 0.1) is 0 Å². The SMILES string of the molecule is COC(=O)[C@@H](NC(=O)OCC1c2ccccc2-c2ccccc21)[C@H](O)CN1C(=O)CC[C@H]1C(=O)OC. The zero-order chi connectivity index (χ0) is 25.8. The Morgan fingerprint density at radius 3 is 2.22 bits per heavy atom. The number of amides is 2.